The number of hydrogen-bond acceptors (Lipinski definition) is 0. The average Bonchev–Trinajstić information content (AvgIpc) is 3.68. The van der Waals surface area contributed by atoms with Gasteiger partial charge >= 0.3 is 240 Å². The second-order valence-electron chi connectivity index (χ2n) is 10.5. The third kappa shape index (κ3) is 5.81. The normalized spacial score (nSPS) is 13.8. The van der Waals surface area contributed by atoms with Gasteiger partial charge in [-0.25, -0.2) is 0 Å². The van der Waals surface area contributed by atoms with Crippen LogP contribution in [0.15, 0.2) is 146 Å². The molecule has 0 spiro atoms. The number of allylic oxidation sites excluding steroid dienone is 8. The fourth-order valence-corrected chi connectivity index (χ4v) is 33.8. The Kier molecular flexibility index (Phi) is 9.46. The summed E-state index contributed by atoms with van der Waals surface area (Å²) in [5.74, 6) is 0. The average molecular weight is 752 g/mol. The van der Waals surface area contributed by atoms with Crippen molar-refractivity contribution >= 4 is 43.4 Å². The minimum absolute atomic E-state index is 0. The van der Waals surface area contributed by atoms with Crippen LogP contribution >= 0.6 is 0 Å². The summed E-state index contributed by atoms with van der Waals surface area (Å²) in [7, 11) is 0. The van der Waals surface area contributed by atoms with E-state index in [1.54, 1.807) is 11.8 Å². The Bertz CT molecular complexity index is 1800. The Labute approximate surface area is 263 Å². The van der Waals surface area contributed by atoms with Crippen molar-refractivity contribution in [1.29, 1.82) is 0 Å². The zero-order valence-corrected chi connectivity index (χ0v) is 29.1. The van der Waals surface area contributed by atoms with Crippen LogP contribution in [0.4, 0.5) is 0 Å². The summed E-state index contributed by atoms with van der Waals surface area (Å²) in [5.41, 5.74) is 5.09. The zero-order valence-electron chi connectivity index (χ0n) is 22.9. The molecule has 2 aliphatic carbocycles. The monoisotopic (exact) mass is 752 g/mol. The third-order valence-electron chi connectivity index (χ3n) is 8.17. The van der Waals surface area contributed by atoms with E-state index in [4.69, 9.17) is 0 Å². The molecular formula is C37H30Cl2HfSi. The predicted molar refractivity (Wildman–Crippen MR) is 167 cm³/mol. The molecule has 41 heavy (non-hydrogen) atoms. The number of hydrogen-bond donors (Lipinski definition) is 0. The van der Waals surface area contributed by atoms with Crippen LogP contribution in [0.1, 0.15) is 24.0 Å². The maximum absolute atomic E-state index is 2.62. The van der Waals surface area contributed by atoms with Crippen molar-refractivity contribution in [3.8, 4) is 0 Å². The predicted octanol–water partition coefficient (Wildman–Crippen LogP) is 3.19. The van der Waals surface area contributed by atoms with Gasteiger partial charge in [0.25, 0.3) is 0 Å². The number of halogens is 2. The van der Waals surface area contributed by atoms with E-state index in [1.807, 2.05) is 0 Å². The number of benzene rings is 5. The second kappa shape index (κ2) is 13.0. The quantitative estimate of drug-likeness (QED) is 0.243. The molecule has 5 aromatic carbocycles. The molecule has 0 radical (unpaired) electrons. The van der Waals surface area contributed by atoms with Gasteiger partial charge in [-0.05, 0) is 0 Å². The van der Waals surface area contributed by atoms with Crippen molar-refractivity contribution in [2.24, 2.45) is 0 Å². The van der Waals surface area contributed by atoms with Crippen molar-refractivity contribution in [3.05, 3.63) is 157 Å². The van der Waals surface area contributed by atoms with E-state index >= 15 is 0 Å². The van der Waals surface area contributed by atoms with E-state index in [0.29, 0.717) is 0 Å². The Morgan fingerprint density at radius 1 is 0.512 bits per heavy atom. The standard InChI is InChI=1S/2C15H11.C7H8Si.2ClH.Hf/c2*1-2-6-12(5-1)15-10-9-13-7-3-4-8-14(13)11-15;1-8-7-5-3-2-4-6-7;;;/h2*1,3-5,7-11H,2H2;2-6H,1H3;2*1H;/q;;;;;+2/p-2. The van der Waals surface area contributed by atoms with Crippen molar-refractivity contribution in [3.63, 3.8) is 0 Å². The van der Waals surface area contributed by atoms with Gasteiger partial charge in [-0.15, -0.1) is 0 Å². The molecular weight excluding hydrogens is 722 g/mol. The van der Waals surface area contributed by atoms with Crippen LogP contribution < -0.4 is 30.0 Å². The van der Waals surface area contributed by atoms with Crippen LogP contribution in [0, 0.1) is 0 Å². The van der Waals surface area contributed by atoms with Gasteiger partial charge in [0, 0.05) is 0 Å². The van der Waals surface area contributed by atoms with Gasteiger partial charge in [0.2, 0.25) is 0 Å². The van der Waals surface area contributed by atoms with Crippen molar-refractivity contribution in [1.82, 2.24) is 0 Å². The van der Waals surface area contributed by atoms with E-state index in [2.05, 4.69) is 146 Å². The van der Waals surface area contributed by atoms with Gasteiger partial charge in [-0.2, -0.15) is 0 Å². The van der Waals surface area contributed by atoms with E-state index in [0.717, 1.165) is 12.8 Å². The molecule has 5 aromatic rings. The van der Waals surface area contributed by atoms with Crippen LogP contribution in [0.3, 0.4) is 0 Å². The molecule has 0 fully saturated rings. The van der Waals surface area contributed by atoms with Crippen LogP contribution in [-0.4, -0.2) is 5.49 Å². The van der Waals surface area contributed by atoms with E-state index in [9.17, 15) is 0 Å². The van der Waals surface area contributed by atoms with Crippen molar-refractivity contribution in [2.45, 2.75) is 19.4 Å². The second-order valence-corrected chi connectivity index (χ2v) is 31.5. The summed E-state index contributed by atoms with van der Waals surface area (Å²) in [6.45, 7) is 2.62. The molecule has 2 aliphatic rings. The maximum Gasteiger partial charge on any atom is -1.00 e. The largest absolute Gasteiger partial charge is 1.00 e. The summed E-state index contributed by atoms with van der Waals surface area (Å²) < 4.78 is 3.60. The minimum Gasteiger partial charge on any atom is -1.00 e. The molecule has 0 aliphatic heterocycles. The molecule has 200 valence electrons. The molecule has 0 bridgehead atoms. The van der Waals surface area contributed by atoms with Gasteiger partial charge in [0.05, 0.1) is 0 Å². The van der Waals surface area contributed by atoms with E-state index < -0.39 is 25.6 Å². The Balaban J connectivity index is 0.00000169. The first-order chi connectivity index (χ1) is 19.3. The molecule has 7 rings (SSSR count). The van der Waals surface area contributed by atoms with Crippen LogP contribution in [-0.2, 0) is 20.1 Å². The summed E-state index contributed by atoms with van der Waals surface area (Å²) in [5, 5.41) is 6.89. The van der Waals surface area contributed by atoms with Crippen molar-refractivity contribution in [2.75, 3.05) is 0 Å². The fraction of sp³-hybridized carbons (Fsp3) is 0.0811. The summed E-state index contributed by atoms with van der Waals surface area (Å²) in [4.78, 5) is 0. The van der Waals surface area contributed by atoms with Gasteiger partial charge < -0.3 is 24.8 Å². The number of rotatable bonds is 5. The Hall–Kier alpha value is -2.75. The molecule has 0 saturated heterocycles. The smallest absolute Gasteiger partial charge is 1.00 e. The molecule has 0 N–H and O–H groups in total. The topological polar surface area (TPSA) is 0 Å². The first-order valence-electron chi connectivity index (χ1n) is 13.8. The summed E-state index contributed by atoms with van der Waals surface area (Å²) in [6.07, 6.45) is 12.0. The molecule has 0 aromatic heterocycles. The molecule has 0 amide bonds. The number of fused-ring (bicyclic) bond motifs is 2. The summed E-state index contributed by atoms with van der Waals surface area (Å²) in [6, 6.07) is 43.1. The first kappa shape index (κ1) is 29.7. The molecule has 0 heterocycles. The molecule has 0 unspecified atom stereocenters. The Morgan fingerprint density at radius 2 is 0.951 bits per heavy atom. The molecule has 0 nitrogen and oxygen atoms in total. The molecule has 0 saturated carbocycles. The minimum atomic E-state index is -2.53. The maximum atomic E-state index is 2.62. The van der Waals surface area contributed by atoms with Crippen LogP contribution in [0.2, 0.25) is 6.55 Å². The van der Waals surface area contributed by atoms with E-state index in [-0.39, 0.29) is 24.8 Å². The zero-order chi connectivity index (χ0) is 26.2. The van der Waals surface area contributed by atoms with Gasteiger partial charge in [-0.1, -0.05) is 0 Å². The van der Waals surface area contributed by atoms with Crippen molar-refractivity contribution < 1.29 is 44.9 Å². The molecule has 0 atom stereocenters. The molecule has 4 heteroatoms. The first-order valence-corrected chi connectivity index (χ1v) is 24.8. The Morgan fingerprint density at radius 3 is 1.44 bits per heavy atom. The summed E-state index contributed by atoms with van der Waals surface area (Å²) >= 11 is -2.53. The third-order valence-corrected chi connectivity index (χ3v) is 34.0. The van der Waals surface area contributed by atoms with Gasteiger partial charge in [0.1, 0.15) is 0 Å². The van der Waals surface area contributed by atoms with Crippen LogP contribution in [0.25, 0.3) is 32.7 Å². The van der Waals surface area contributed by atoms with Gasteiger partial charge in [0.15, 0.2) is 0 Å². The fourth-order valence-electron chi connectivity index (χ4n) is 6.21. The van der Waals surface area contributed by atoms with Gasteiger partial charge in [-0.3, -0.25) is 0 Å². The SMILES string of the molecule is C[Si](c1ccccc1)=[Hf+2]([C]1=C(c2ccc3ccccc3c2)C=CC1)[C]1=C(c2ccc3ccccc3c2)C=CC1.[Cl-].[Cl-]. The van der Waals surface area contributed by atoms with Crippen LogP contribution in [0.5, 0.6) is 0 Å². The van der Waals surface area contributed by atoms with E-state index in [1.165, 1.54) is 43.8 Å².